The van der Waals surface area contributed by atoms with E-state index in [1.165, 1.54) is 18.3 Å². The Bertz CT molecular complexity index is 1350. The molecule has 0 bridgehead atoms. The molecular formula is C24H20F3NO5. The molecule has 0 spiro atoms. The van der Waals surface area contributed by atoms with Gasteiger partial charge in [0.1, 0.15) is 23.9 Å². The number of fused-ring (bicyclic) bond motifs is 2. The van der Waals surface area contributed by atoms with Crippen molar-refractivity contribution in [3.05, 3.63) is 60.0 Å². The van der Waals surface area contributed by atoms with E-state index in [-0.39, 0.29) is 28.8 Å². The summed E-state index contributed by atoms with van der Waals surface area (Å²) in [7, 11) is 0. The van der Waals surface area contributed by atoms with E-state index in [1.54, 1.807) is 31.2 Å². The molecular weight excluding hydrogens is 439 g/mol. The zero-order chi connectivity index (χ0) is 23.7. The summed E-state index contributed by atoms with van der Waals surface area (Å²) >= 11 is 0. The number of hydrogen-bond acceptors (Lipinski definition) is 4. The topological polar surface area (TPSA) is 80.9 Å². The Kier molecular flexibility index (Phi) is 6.04. The van der Waals surface area contributed by atoms with Crippen LogP contribution in [-0.4, -0.2) is 40.4 Å². The Morgan fingerprint density at radius 3 is 2.36 bits per heavy atom. The molecule has 0 fully saturated rings. The summed E-state index contributed by atoms with van der Waals surface area (Å²) in [6, 6.07) is 10.7. The molecule has 0 aliphatic rings. The molecule has 1 heterocycles. The number of aromatic hydroxyl groups is 1. The van der Waals surface area contributed by atoms with Gasteiger partial charge in [0, 0.05) is 17.0 Å². The highest BCUT2D eigenvalue weighted by Crippen LogP contribution is 2.48. The number of hydrogen-bond donors (Lipinski definition) is 2. The maximum Gasteiger partial charge on any atom is 0.307 e. The van der Waals surface area contributed by atoms with Crippen LogP contribution in [0.1, 0.15) is 12.5 Å². The molecule has 0 saturated heterocycles. The molecule has 3 aromatic carbocycles. The van der Waals surface area contributed by atoms with Gasteiger partial charge in [-0.3, -0.25) is 9.36 Å². The number of aromatic nitrogens is 1. The normalized spacial score (nSPS) is 11.4. The first-order valence-electron chi connectivity index (χ1n) is 10.1. The SMILES string of the molecule is CCOc1c2ccccc2c(OCC(F)F)c2c(O)n(-c3ccc(CC(=O)O)cc3F)cc12. The van der Waals surface area contributed by atoms with Gasteiger partial charge < -0.3 is 19.7 Å². The summed E-state index contributed by atoms with van der Waals surface area (Å²) in [5.41, 5.74) is 0.200. The van der Waals surface area contributed by atoms with Crippen molar-refractivity contribution in [1.82, 2.24) is 4.57 Å². The largest absolute Gasteiger partial charge is 0.494 e. The van der Waals surface area contributed by atoms with Gasteiger partial charge in [0.15, 0.2) is 0 Å². The smallest absolute Gasteiger partial charge is 0.307 e. The summed E-state index contributed by atoms with van der Waals surface area (Å²) in [4.78, 5) is 10.9. The molecule has 9 heteroatoms. The fraction of sp³-hybridized carbons (Fsp3) is 0.208. The van der Waals surface area contributed by atoms with E-state index in [0.717, 1.165) is 10.6 Å². The lowest BCUT2D eigenvalue weighted by molar-refractivity contribution is -0.136. The van der Waals surface area contributed by atoms with Crippen molar-refractivity contribution in [3.8, 4) is 23.1 Å². The third-order valence-electron chi connectivity index (χ3n) is 5.14. The number of alkyl halides is 2. The Hall–Kier alpha value is -3.88. The van der Waals surface area contributed by atoms with Crippen LogP contribution in [-0.2, 0) is 11.2 Å². The minimum absolute atomic E-state index is 0.0310. The van der Waals surface area contributed by atoms with E-state index in [9.17, 15) is 23.1 Å². The lowest BCUT2D eigenvalue weighted by Crippen LogP contribution is -2.08. The van der Waals surface area contributed by atoms with E-state index in [2.05, 4.69) is 0 Å². The molecule has 2 N–H and O–H groups in total. The minimum atomic E-state index is -2.74. The predicted molar refractivity (Wildman–Crippen MR) is 116 cm³/mol. The number of carboxylic acid groups (broad SMARTS) is 1. The fourth-order valence-electron chi connectivity index (χ4n) is 3.86. The number of carbonyl (C=O) groups is 1. The number of benzene rings is 3. The van der Waals surface area contributed by atoms with E-state index in [4.69, 9.17) is 14.6 Å². The molecule has 0 aliphatic carbocycles. The first-order valence-corrected chi connectivity index (χ1v) is 10.1. The molecule has 0 unspecified atom stereocenters. The second-order valence-electron chi connectivity index (χ2n) is 7.31. The number of aliphatic carboxylic acids is 1. The van der Waals surface area contributed by atoms with Gasteiger partial charge in [0.2, 0.25) is 5.88 Å². The Morgan fingerprint density at radius 2 is 1.76 bits per heavy atom. The fourth-order valence-corrected chi connectivity index (χ4v) is 3.86. The Morgan fingerprint density at radius 1 is 1.06 bits per heavy atom. The molecule has 0 atom stereocenters. The van der Waals surface area contributed by atoms with Crippen molar-refractivity contribution in [1.29, 1.82) is 0 Å². The monoisotopic (exact) mass is 459 g/mol. The third-order valence-corrected chi connectivity index (χ3v) is 5.14. The average Bonchev–Trinajstić information content (AvgIpc) is 3.10. The predicted octanol–water partition coefficient (Wildman–Crippen LogP) is 5.30. The van der Waals surface area contributed by atoms with Crippen LogP contribution in [0.4, 0.5) is 13.2 Å². The maximum absolute atomic E-state index is 14.9. The van der Waals surface area contributed by atoms with Crippen LogP contribution in [0.3, 0.4) is 0 Å². The van der Waals surface area contributed by atoms with E-state index >= 15 is 0 Å². The van der Waals surface area contributed by atoms with Gasteiger partial charge in [-0.15, -0.1) is 0 Å². The van der Waals surface area contributed by atoms with Crippen LogP contribution in [0, 0.1) is 5.82 Å². The number of halogens is 3. The van der Waals surface area contributed by atoms with Crippen LogP contribution in [0.5, 0.6) is 17.4 Å². The molecule has 1 aromatic heterocycles. The van der Waals surface area contributed by atoms with Crippen molar-refractivity contribution in [3.63, 3.8) is 0 Å². The van der Waals surface area contributed by atoms with Gasteiger partial charge in [0.25, 0.3) is 6.43 Å². The van der Waals surface area contributed by atoms with Crippen molar-refractivity contribution in [2.45, 2.75) is 19.8 Å². The minimum Gasteiger partial charge on any atom is -0.494 e. The highest BCUT2D eigenvalue weighted by Gasteiger charge is 2.24. The van der Waals surface area contributed by atoms with Crippen LogP contribution in [0.25, 0.3) is 27.2 Å². The first-order chi connectivity index (χ1) is 15.8. The standard InChI is InChI=1S/C24H20F3NO5/c1-2-32-22-14-5-3-4-6-15(14)23(33-12-19(26)27)21-16(22)11-28(24(21)31)18-8-7-13(9-17(18)25)10-20(29)30/h3-9,11,19,31H,2,10,12H2,1H3,(H,29,30). The number of nitrogens with zero attached hydrogens (tertiary/aromatic N) is 1. The summed E-state index contributed by atoms with van der Waals surface area (Å²) < 4.78 is 53.2. The quantitative estimate of drug-likeness (QED) is 0.374. The molecule has 0 saturated carbocycles. The number of rotatable bonds is 8. The molecule has 172 valence electrons. The molecule has 4 rings (SSSR count). The van der Waals surface area contributed by atoms with Gasteiger partial charge in [-0.05, 0) is 24.6 Å². The zero-order valence-electron chi connectivity index (χ0n) is 17.5. The molecule has 33 heavy (non-hydrogen) atoms. The average molecular weight is 459 g/mol. The molecule has 6 nitrogen and oxygen atoms in total. The van der Waals surface area contributed by atoms with Crippen molar-refractivity contribution < 1.29 is 37.7 Å². The molecule has 4 aromatic rings. The highest BCUT2D eigenvalue weighted by molar-refractivity contribution is 6.13. The van der Waals surface area contributed by atoms with Gasteiger partial charge >= 0.3 is 5.97 Å². The van der Waals surface area contributed by atoms with Gasteiger partial charge in [-0.25, -0.2) is 13.2 Å². The zero-order valence-corrected chi connectivity index (χ0v) is 17.5. The van der Waals surface area contributed by atoms with Crippen molar-refractivity contribution in [2.75, 3.05) is 13.2 Å². The summed E-state index contributed by atoms with van der Waals surface area (Å²) in [5.74, 6) is -1.87. The third kappa shape index (κ3) is 4.13. The summed E-state index contributed by atoms with van der Waals surface area (Å²) in [6.45, 7) is 1.18. The lowest BCUT2D eigenvalue weighted by Gasteiger charge is -2.15. The van der Waals surface area contributed by atoms with Crippen molar-refractivity contribution >= 4 is 27.5 Å². The second-order valence-corrected chi connectivity index (χ2v) is 7.31. The van der Waals surface area contributed by atoms with Crippen LogP contribution < -0.4 is 9.47 Å². The highest BCUT2D eigenvalue weighted by atomic mass is 19.3. The van der Waals surface area contributed by atoms with Gasteiger partial charge in [0.05, 0.1) is 29.5 Å². The molecule has 0 amide bonds. The van der Waals surface area contributed by atoms with Crippen LogP contribution in [0.15, 0.2) is 48.7 Å². The first kappa shape index (κ1) is 22.3. The van der Waals surface area contributed by atoms with E-state index < -0.39 is 30.7 Å². The lowest BCUT2D eigenvalue weighted by atomic mass is 10.0. The Labute approximate surface area is 186 Å². The number of ether oxygens (including phenoxy) is 2. The second kappa shape index (κ2) is 8.93. The van der Waals surface area contributed by atoms with Crippen LogP contribution in [0.2, 0.25) is 0 Å². The van der Waals surface area contributed by atoms with Gasteiger partial charge in [-0.2, -0.15) is 0 Å². The Balaban J connectivity index is 2.00. The van der Waals surface area contributed by atoms with E-state index in [1.807, 2.05) is 0 Å². The molecule has 0 radical (unpaired) electrons. The van der Waals surface area contributed by atoms with Gasteiger partial charge in [-0.1, -0.05) is 30.3 Å². The van der Waals surface area contributed by atoms with Crippen molar-refractivity contribution in [2.24, 2.45) is 0 Å². The molecule has 0 aliphatic heterocycles. The number of carboxylic acids is 1. The van der Waals surface area contributed by atoms with Crippen LogP contribution >= 0.6 is 0 Å². The summed E-state index contributed by atoms with van der Waals surface area (Å²) in [6.07, 6.45) is -1.66. The maximum atomic E-state index is 14.9. The van der Waals surface area contributed by atoms with E-state index in [0.29, 0.717) is 28.5 Å². The summed E-state index contributed by atoms with van der Waals surface area (Å²) in [5, 5.41) is 21.5.